The zero-order chi connectivity index (χ0) is 26.8. The van der Waals surface area contributed by atoms with Gasteiger partial charge in [0.1, 0.15) is 22.1 Å². The summed E-state index contributed by atoms with van der Waals surface area (Å²) in [4.78, 5) is 92.4. The van der Waals surface area contributed by atoms with E-state index in [-0.39, 0.29) is 0 Å². The van der Waals surface area contributed by atoms with E-state index in [4.69, 9.17) is 20.0 Å². The fourth-order valence-corrected chi connectivity index (χ4v) is 7.16. The topological polar surface area (TPSA) is 260 Å². The first-order chi connectivity index (χ1) is 19.9. The van der Waals surface area contributed by atoms with Crippen molar-refractivity contribution in [3.63, 3.8) is 0 Å². The number of aromatic amines is 8. The standard InChI is InChI=1S/C21H6N16O4/c38-17-22-1-2(23-17)10-31-12-5-6(27-19(40)26-5)14-33-16-8-7(28-20(41)29-8)15-32-13-4-3(24-18(39)25-4)11-30-9(1)34(10)21(35(11)13,36(12)14)37(15)16/h(H6,22,23,24,25,26,27,28,29,30,31,32,33,38,39,40,41)/p+2. The molecule has 6 aliphatic heterocycles. The summed E-state index contributed by atoms with van der Waals surface area (Å²) < 4.78 is 7.38. The summed E-state index contributed by atoms with van der Waals surface area (Å²) in [5.74, 6) is 0.688. The van der Waals surface area contributed by atoms with E-state index in [1.165, 1.54) is 0 Å². The second kappa shape index (κ2) is 5.04. The van der Waals surface area contributed by atoms with Crippen molar-refractivity contribution < 1.29 is 9.15 Å². The second-order valence-electron chi connectivity index (χ2n) is 10.3. The van der Waals surface area contributed by atoms with E-state index in [1.54, 1.807) is 0 Å². The summed E-state index contributed by atoms with van der Waals surface area (Å²) >= 11 is 0. The Morgan fingerprint density at radius 3 is 1.39 bits per heavy atom. The Balaban J connectivity index is 1.46. The normalized spacial score (nSPS) is 18.8. The molecule has 6 aliphatic rings. The fraction of sp³-hybridized carbons (Fsp3) is 0.0476. The maximum Gasteiger partial charge on any atom is 0.405 e. The number of amidine groups is 4. The highest BCUT2D eigenvalue weighted by molar-refractivity contribution is 6.18. The predicted molar refractivity (Wildman–Crippen MR) is 133 cm³/mol. The molecule has 0 aromatic carbocycles. The zero-order valence-corrected chi connectivity index (χ0v) is 19.7. The van der Waals surface area contributed by atoms with Crippen molar-refractivity contribution in [1.29, 1.82) is 0 Å². The van der Waals surface area contributed by atoms with Crippen molar-refractivity contribution in [3.8, 4) is 0 Å². The smallest absolute Gasteiger partial charge is 0.301 e. The van der Waals surface area contributed by atoms with Gasteiger partial charge in [-0.3, -0.25) is 19.9 Å². The Bertz CT molecular complexity index is 2770. The number of nitrogens with zero attached hydrogens (tertiary/aromatic N) is 8. The lowest BCUT2D eigenvalue weighted by Crippen LogP contribution is -2.71. The van der Waals surface area contributed by atoms with Crippen LogP contribution in [0.15, 0.2) is 39.1 Å². The van der Waals surface area contributed by atoms with Gasteiger partial charge in [-0.15, -0.1) is 9.15 Å². The molecule has 41 heavy (non-hydrogen) atoms. The highest BCUT2D eigenvalue weighted by atomic mass is 16.2. The lowest BCUT2D eigenvalue weighted by atomic mass is 10.3. The third-order valence-electron chi connectivity index (χ3n) is 8.44. The van der Waals surface area contributed by atoms with Crippen LogP contribution in [0.4, 0.5) is 11.6 Å². The molecule has 0 amide bonds. The Kier molecular flexibility index (Phi) is 2.29. The van der Waals surface area contributed by atoms with Crippen LogP contribution in [0.1, 0.15) is 22.8 Å². The van der Waals surface area contributed by atoms with Crippen LogP contribution in [0.2, 0.25) is 0 Å². The van der Waals surface area contributed by atoms with E-state index in [2.05, 4.69) is 39.9 Å². The van der Waals surface area contributed by atoms with Gasteiger partial charge in [0.15, 0.2) is 22.8 Å². The molecule has 1 spiro atoms. The van der Waals surface area contributed by atoms with Crippen molar-refractivity contribution in [2.24, 2.45) is 20.0 Å². The highest BCUT2D eigenvalue weighted by Gasteiger charge is 2.71. The summed E-state index contributed by atoms with van der Waals surface area (Å²) in [6.07, 6.45) is 0. The van der Waals surface area contributed by atoms with Crippen LogP contribution < -0.4 is 33.7 Å². The van der Waals surface area contributed by atoms with Crippen molar-refractivity contribution in [2.45, 2.75) is 5.91 Å². The van der Waals surface area contributed by atoms with Gasteiger partial charge in [-0.05, 0) is 0 Å². The van der Waals surface area contributed by atoms with Crippen LogP contribution in [-0.4, -0.2) is 81.5 Å². The minimum atomic E-state index is -1.43. The van der Waals surface area contributed by atoms with Gasteiger partial charge in [-0.25, -0.2) is 19.2 Å². The molecule has 12 rings (SSSR count). The van der Waals surface area contributed by atoms with E-state index < -0.39 is 28.7 Å². The summed E-state index contributed by atoms with van der Waals surface area (Å²) in [6, 6.07) is 0. The first-order valence-electron chi connectivity index (χ1n) is 12.3. The molecule has 6 aromatic rings. The highest BCUT2D eigenvalue weighted by Crippen LogP contribution is 2.50. The molecule has 6 aromatic heterocycles. The number of rotatable bonds is 0. The van der Waals surface area contributed by atoms with Crippen molar-refractivity contribution in [2.75, 3.05) is 0 Å². The molecule has 0 aliphatic carbocycles. The molecular weight excluding hydrogens is 540 g/mol. The Labute approximate surface area is 217 Å². The monoisotopic (exact) mass is 548 g/mol. The summed E-state index contributed by atoms with van der Waals surface area (Å²) in [5.41, 5.74) is 2.07. The summed E-state index contributed by atoms with van der Waals surface area (Å²) in [7, 11) is 0. The number of hydrogen-bond acceptors (Lipinski definition) is 8. The maximum absolute atomic E-state index is 12.5. The van der Waals surface area contributed by atoms with Crippen molar-refractivity contribution in [3.05, 3.63) is 75.7 Å². The first kappa shape index (κ1) is 18.6. The first-order valence-corrected chi connectivity index (χ1v) is 12.3. The average molecular weight is 548 g/mol. The number of aliphatic imine (C=N–C) groups is 2. The lowest BCUT2D eigenvalue weighted by Gasteiger charge is -2.40. The van der Waals surface area contributed by atoms with Crippen LogP contribution in [0.3, 0.4) is 0 Å². The number of fused-ring (bicyclic) bond motifs is 12. The lowest BCUT2D eigenvalue weighted by molar-refractivity contribution is -0.790. The number of aromatic nitrogens is 10. The van der Waals surface area contributed by atoms with Crippen molar-refractivity contribution in [1.82, 2.24) is 49.0 Å². The summed E-state index contributed by atoms with van der Waals surface area (Å²) in [6.45, 7) is 0. The van der Waals surface area contributed by atoms with Gasteiger partial charge >= 0.3 is 28.7 Å². The third-order valence-corrected chi connectivity index (χ3v) is 8.44. The number of imidazole rings is 4. The van der Waals surface area contributed by atoms with Gasteiger partial charge in [-0.2, -0.15) is 9.13 Å². The molecule has 0 bridgehead atoms. The minimum absolute atomic E-state index is 0.353. The van der Waals surface area contributed by atoms with Crippen LogP contribution in [-0.2, 0) is 5.91 Å². The van der Waals surface area contributed by atoms with E-state index in [1.807, 2.05) is 18.3 Å². The van der Waals surface area contributed by atoms with Crippen LogP contribution in [0.25, 0.3) is 22.1 Å². The van der Waals surface area contributed by atoms with Gasteiger partial charge in [0.25, 0.3) is 23.3 Å². The molecule has 0 fully saturated rings. The second-order valence-corrected chi connectivity index (χ2v) is 10.3. The number of nitrogens with one attached hydrogen (secondary N) is 8. The number of H-pyrrole nitrogens is 8. The van der Waals surface area contributed by atoms with Gasteiger partial charge in [0, 0.05) is 0 Å². The van der Waals surface area contributed by atoms with E-state index in [0.717, 1.165) is 0 Å². The largest absolute Gasteiger partial charge is 0.405 e. The van der Waals surface area contributed by atoms with Gasteiger partial charge in [0.2, 0.25) is 22.6 Å². The molecule has 0 unspecified atom stereocenters. The molecule has 8 N–H and O–H groups in total. The van der Waals surface area contributed by atoms with E-state index in [9.17, 15) is 19.2 Å². The van der Waals surface area contributed by atoms with Gasteiger partial charge in [-0.1, -0.05) is 20.0 Å². The fourth-order valence-electron chi connectivity index (χ4n) is 7.16. The summed E-state index contributed by atoms with van der Waals surface area (Å²) in [5, 5.41) is 0. The van der Waals surface area contributed by atoms with Gasteiger partial charge < -0.3 is 19.9 Å². The maximum atomic E-state index is 12.5. The van der Waals surface area contributed by atoms with Crippen LogP contribution >= 0.6 is 0 Å². The number of hydrogen-bond donors (Lipinski definition) is 8. The Hall–Kier alpha value is -6.60. The minimum Gasteiger partial charge on any atom is -0.301 e. The Morgan fingerprint density at radius 1 is 0.488 bits per heavy atom. The molecule has 20 nitrogen and oxygen atoms in total. The van der Waals surface area contributed by atoms with Crippen LogP contribution in [0.5, 0.6) is 0 Å². The zero-order valence-electron chi connectivity index (χ0n) is 19.7. The average Bonchev–Trinajstić information content (AvgIpc) is 3.78. The molecule has 194 valence electrons. The molecular formula is C21H8N16O4+2. The van der Waals surface area contributed by atoms with Crippen LogP contribution in [0, 0.1) is 0 Å². The molecule has 12 heterocycles. The quantitative estimate of drug-likeness (QED) is 0.0877. The van der Waals surface area contributed by atoms with Crippen molar-refractivity contribution >= 4 is 57.0 Å². The SMILES string of the molecule is O=c1[nH]c2c([nH]1)C1=[N+]3C2=Nc2c4[nH]c(=O)[nH]c4c4n2C32n3c(c5[nH]c(=O)[nH]c5c3=NC3=[N+]2C(=N4)c2[nH]c(=O)[nH]c23)=N1. The molecule has 0 atom stereocenters. The predicted octanol–water partition coefficient (Wildman–Crippen LogP) is -4.23. The Morgan fingerprint density at radius 2 is 0.902 bits per heavy atom. The molecule has 0 saturated carbocycles. The van der Waals surface area contributed by atoms with Gasteiger partial charge in [0.05, 0.1) is 0 Å². The molecule has 0 radical (unpaired) electrons. The molecule has 20 heteroatoms. The third kappa shape index (κ3) is 1.56. The van der Waals surface area contributed by atoms with E-state index >= 15 is 0 Å². The van der Waals surface area contributed by atoms with E-state index in [0.29, 0.717) is 90.8 Å². The molecule has 0 saturated heterocycles.